The lowest BCUT2D eigenvalue weighted by Gasteiger charge is -2.14. The molecule has 0 aromatic carbocycles. The summed E-state index contributed by atoms with van der Waals surface area (Å²) in [5.41, 5.74) is 0. The molecular formula is C11H22N4O2. The van der Waals surface area contributed by atoms with Gasteiger partial charge in [-0.05, 0) is 20.4 Å². The molecule has 17 heavy (non-hydrogen) atoms. The Morgan fingerprint density at radius 2 is 2.18 bits per heavy atom. The highest BCUT2D eigenvalue weighted by Gasteiger charge is 2.14. The molecule has 0 bridgehead atoms. The summed E-state index contributed by atoms with van der Waals surface area (Å²) in [4.78, 5) is 0. The molecule has 0 aliphatic rings. The number of hydrogen-bond acceptors (Lipinski definition) is 6. The highest BCUT2D eigenvalue weighted by Crippen LogP contribution is 2.14. The van der Waals surface area contributed by atoms with E-state index in [-0.39, 0.29) is 12.1 Å². The maximum Gasteiger partial charge on any atom is 0.315 e. The predicted molar refractivity (Wildman–Crippen MR) is 66.0 cm³/mol. The predicted octanol–water partition coefficient (Wildman–Crippen LogP) is 1.58. The summed E-state index contributed by atoms with van der Waals surface area (Å²) >= 11 is 0. The number of nitrogens with one attached hydrogen (secondary N) is 2. The lowest BCUT2D eigenvalue weighted by molar-refractivity contribution is 0.181. The van der Waals surface area contributed by atoms with Gasteiger partial charge in [0.2, 0.25) is 5.89 Å². The molecule has 2 atom stereocenters. The average Bonchev–Trinajstić information content (AvgIpc) is 2.77. The zero-order chi connectivity index (χ0) is 12.7. The van der Waals surface area contributed by atoms with Crippen LogP contribution in [0.15, 0.2) is 4.42 Å². The molecule has 0 saturated heterocycles. The van der Waals surface area contributed by atoms with Crippen molar-refractivity contribution in [2.45, 2.75) is 38.8 Å². The van der Waals surface area contributed by atoms with Crippen LogP contribution >= 0.6 is 0 Å². The first kappa shape index (κ1) is 13.9. The van der Waals surface area contributed by atoms with Crippen LogP contribution in [0.3, 0.4) is 0 Å². The number of methoxy groups -OCH3 is 1. The van der Waals surface area contributed by atoms with E-state index in [0.717, 1.165) is 12.8 Å². The minimum Gasteiger partial charge on any atom is -0.406 e. The minimum absolute atomic E-state index is 0.0603. The van der Waals surface area contributed by atoms with E-state index >= 15 is 0 Å². The molecule has 6 heteroatoms. The van der Waals surface area contributed by atoms with Crippen LogP contribution in [0.25, 0.3) is 0 Å². The molecule has 98 valence electrons. The standard InChI is InChI=1S/C11H22N4O2/c1-5-6-9(7-16-4)13-11-15-14-10(17-11)8(2)12-3/h8-9,12H,5-7H2,1-4H3,(H,13,15). The second-order valence-corrected chi connectivity index (χ2v) is 4.04. The van der Waals surface area contributed by atoms with Gasteiger partial charge in [-0.3, -0.25) is 0 Å². The molecule has 0 saturated carbocycles. The third kappa shape index (κ3) is 4.32. The molecule has 2 unspecified atom stereocenters. The highest BCUT2D eigenvalue weighted by molar-refractivity contribution is 5.19. The van der Waals surface area contributed by atoms with Crippen LogP contribution in [0.1, 0.15) is 38.6 Å². The van der Waals surface area contributed by atoms with Crippen molar-refractivity contribution in [2.75, 3.05) is 26.1 Å². The first-order valence-electron chi connectivity index (χ1n) is 5.97. The van der Waals surface area contributed by atoms with Crippen molar-refractivity contribution in [2.24, 2.45) is 0 Å². The number of rotatable bonds is 8. The van der Waals surface area contributed by atoms with Crippen molar-refractivity contribution < 1.29 is 9.15 Å². The van der Waals surface area contributed by atoms with Crippen LogP contribution in [0, 0.1) is 0 Å². The zero-order valence-electron chi connectivity index (χ0n) is 11.0. The Balaban J connectivity index is 2.56. The lowest BCUT2D eigenvalue weighted by Crippen LogP contribution is -2.24. The van der Waals surface area contributed by atoms with E-state index in [9.17, 15) is 0 Å². The van der Waals surface area contributed by atoms with Crippen molar-refractivity contribution in [1.82, 2.24) is 15.5 Å². The van der Waals surface area contributed by atoms with Crippen LogP contribution in [-0.4, -0.2) is 37.0 Å². The first-order valence-corrected chi connectivity index (χ1v) is 5.97. The van der Waals surface area contributed by atoms with Gasteiger partial charge in [0.25, 0.3) is 0 Å². The molecule has 1 aromatic rings. The van der Waals surface area contributed by atoms with Gasteiger partial charge in [0.05, 0.1) is 18.7 Å². The van der Waals surface area contributed by atoms with Gasteiger partial charge in [0.1, 0.15) is 0 Å². The van der Waals surface area contributed by atoms with Crippen LogP contribution in [0.2, 0.25) is 0 Å². The highest BCUT2D eigenvalue weighted by atomic mass is 16.5. The number of ether oxygens (including phenoxy) is 1. The van der Waals surface area contributed by atoms with Gasteiger partial charge in [-0.25, -0.2) is 0 Å². The Morgan fingerprint density at radius 1 is 1.41 bits per heavy atom. The Kier molecular flexibility index (Phi) is 5.93. The van der Waals surface area contributed by atoms with Gasteiger partial charge in [0, 0.05) is 7.11 Å². The monoisotopic (exact) mass is 242 g/mol. The maximum absolute atomic E-state index is 5.51. The van der Waals surface area contributed by atoms with Gasteiger partial charge in [-0.2, -0.15) is 0 Å². The summed E-state index contributed by atoms with van der Waals surface area (Å²) in [7, 11) is 3.54. The smallest absolute Gasteiger partial charge is 0.315 e. The topological polar surface area (TPSA) is 72.2 Å². The fraction of sp³-hybridized carbons (Fsp3) is 0.818. The average molecular weight is 242 g/mol. The third-order valence-electron chi connectivity index (χ3n) is 2.58. The van der Waals surface area contributed by atoms with Crippen LogP contribution in [0.4, 0.5) is 6.01 Å². The van der Waals surface area contributed by atoms with E-state index in [4.69, 9.17) is 9.15 Å². The van der Waals surface area contributed by atoms with E-state index < -0.39 is 0 Å². The van der Waals surface area contributed by atoms with E-state index in [1.165, 1.54) is 0 Å². The molecule has 2 N–H and O–H groups in total. The van der Waals surface area contributed by atoms with Crippen LogP contribution in [0.5, 0.6) is 0 Å². The van der Waals surface area contributed by atoms with Gasteiger partial charge in [-0.15, -0.1) is 5.10 Å². The van der Waals surface area contributed by atoms with E-state index in [2.05, 4.69) is 27.8 Å². The number of aromatic nitrogens is 2. The van der Waals surface area contributed by atoms with Gasteiger partial charge >= 0.3 is 6.01 Å². The minimum atomic E-state index is 0.0603. The Bertz CT molecular complexity index is 310. The van der Waals surface area contributed by atoms with E-state index in [1.807, 2.05) is 14.0 Å². The molecule has 0 spiro atoms. The molecule has 0 aliphatic heterocycles. The lowest BCUT2D eigenvalue weighted by atomic mass is 10.2. The van der Waals surface area contributed by atoms with Crippen molar-refractivity contribution in [3.8, 4) is 0 Å². The fourth-order valence-electron chi connectivity index (χ4n) is 1.51. The summed E-state index contributed by atoms with van der Waals surface area (Å²) in [5, 5.41) is 14.2. The first-order chi connectivity index (χ1) is 8.21. The molecule has 0 fully saturated rings. The molecule has 6 nitrogen and oxygen atoms in total. The maximum atomic E-state index is 5.51. The second-order valence-electron chi connectivity index (χ2n) is 4.04. The molecule has 1 heterocycles. The van der Waals surface area contributed by atoms with Gasteiger partial charge in [-0.1, -0.05) is 18.4 Å². The summed E-state index contributed by atoms with van der Waals surface area (Å²) in [6, 6.07) is 0.728. The molecular weight excluding hydrogens is 220 g/mol. The van der Waals surface area contributed by atoms with Gasteiger partial charge in [0.15, 0.2) is 0 Å². The Morgan fingerprint density at radius 3 is 2.76 bits per heavy atom. The van der Waals surface area contributed by atoms with Crippen molar-refractivity contribution in [3.05, 3.63) is 5.89 Å². The summed E-state index contributed by atoms with van der Waals surface area (Å²) in [6.07, 6.45) is 2.09. The van der Waals surface area contributed by atoms with Gasteiger partial charge < -0.3 is 19.8 Å². The third-order valence-corrected chi connectivity index (χ3v) is 2.58. The molecule has 0 aliphatic carbocycles. The number of nitrogens with zero attached hydrogens (tertiary/aromatic N) is 2. The Hall–Kier alpha value is -1.14. The fourth-order valence-corrected chi connectivity index (χ4v) is 1.51. The molecule has 0 amide bonds. The SMILES string of the molecule is CCCC(COC)Nc1nnc(C(C)NC)o1. The normalized spacial score (nSPS) is 14.6. The number of hydrogen-bond donors (Lipinski definition) is 2. The number of anilines is 1. The molecule has 1 aromatic heterocycles. The largest absolute Gasteiger partial charge is 0.406 e. The second kappa shape index (κ2) is 7.24. The quantitative estimate of drug-likeness (QED) is 0.721. The zero-order valence-corrected chi connectivity index (χ0v) is 11.0. The van der Waals surface area contributed by atoms with Crippen LogP contribution < -0.4 is 10.6 Å². The van der Waals surface area contributed by atoms with Crippen molar-refractivity contribution in [3.63, 3.8) is 0 Å². The molecule has 0 radical (unpaired) electrons. The summed E-state index contributed by atoms with van der Waals surface area (Å²) in [6.45, 7) is 4.73. The molecule has 1 rings (SSSR count). The van der Waals surface area contributed by atoms with E-state index in [1.54, 1.807) is 7.11 Å². The summed E-state index contributed by atoms with van der Waals surface area (Å²) < 4.78 is 10.6. The van der Waals surface area contributed by atoms with Crippen molar-refractivity contribution >= 4 is 6.01 Å². The van der Waals surface area contributed by atoms with Crippen LogP contribution in [-0.2, 0) is 4.74 Å². The summed E-state index contributed by atoms with van der Waals surface area (Å²) in [5.74, 6) is 0.586. The van der Waals surface area contributed by atoms with E-state index in [0.29, 0.717) is 18.5 Å². The van der Waals surface area contributed by atoms with Crippen molar-refractivity contribution in [1.29, 1.82) is 0 Å². The Labute approximate surface area is 102 Å².